The molecule has 6 nitrogen and oxygen atoms in total. The maximum Gasteiger partial charge on any atom is 0.240 e. The maximum absolute atomic E-state index is 12.1. The van der Waals surface area contributed by atoms with Crippen LogP contribution >= 0.6 is 23.2 Å². The molecule has 3 rings (SSSR count). The largest absolute Gasteiger partial charge is 0.488 e. The van der Waals surface area contributed by atoms with Gasteiger partial charge in [-0.1, -0.05) is 59.6 Å². The molecule has 0 aliphatic heterocycles. The standard InChI is InChI=1S/C25H23Cl2N3O3/c1-17-10-11-20(14-22(17)27)29-24(31)12-13-25(32)30-28-15-18-6-3-5-9-23(18)33-16-19-7-2-4-8-21(19)26/h2-11,14-15H,12-13,16H2,1H3,(H,29,31)(H,30,32). The van der Waals surface area contributed by atoms with Gasteiger partial charge < -0.3 is 10.1 Å². The number of carbonyl (C=O) groups excluding carboxylic acids is 2. The number of carbonyl (C=O) groups is 2. The molecule has 0 saturated heterocycles. The molecule has 170 valence electrons. The number of para-hydroxylation sites is 1. The van der Waals surface area contributed by atoms with Crippen LogP contribution in [0.1, 0.15) is 29.5 Å². The number of anilines is 1. The number of hydrogen-bond donors (Lipinski definition) is 2. The van der Waals surface area contributed by atoms with Crippen molar-refractivity contribution < 1.29 is 14.3 Å². The first-order chi connectivity index (χ1) is 15.9. The van der Waals surface area contributed by atoms with Crippen LogP contribution in [0.25, 0.3) is 0 Å². The lowest BCUT2D eigenvalue weighted by Gasteiger charge is -2.10. The number of ether oxygens (including phenoxy) is 1. The Morgan fingerprint density at radius 3 is 2.45 bits per heavy atom. The summed E-state index contributed by atoms with van der Waals surface area (Å²) in [4.78, 5) is 24.1. The van der Waals surface area contributed by atoms with Gasteiger partial charge >= 0.3 is 0 Å². The molecule has 0 fully saturated rings. The van der Waals surface area contributed by atoms with E-state index in [0.717, 1.165) is 11.1 Å². The second-order valence-corrected chi connectivity index (χ2v) is 8.04. The molecule has 2 N–H and O–H groups in total. The van der Waals surface area contributed by atoms with E-state index >= 15 is 0 Å². The third-order valence-electron chi connectivity index (χ3n) is 4.69. The Morgan fingerprint density at radius 1 is 0.939 bits per heavy atom. The lowest BCUT2D eigenvalue weighted by molar-refractivity contribution is -0.124. The number of benzene rings is 3. The van der Waals surface area contributed by atoms with Crippen LogP contribution in [0.4, 0.5) is 5.69 Å². The molecule has 0 spiro atoms. The van der Waals surface area contributed by atoms with Gasteiger partial charge in [0.25, 0.3) is 0 Å². The average molecular weight is 484 g/mol. The van der Waals surface area contributed by atoms with Crippen molar-refractivity contribution in [2.75, 3.05) is 5.32 Å². The van der Waals surface area contributed by atoms with Crippen LogP contribution in [0, 0.1) is 6.92 Å². The number of aryl methyl sites for hydroxylation is 1. The summed E-state index contributed by atoms with van der Waals surface area (Å²) < 4.78 is 5.86. The minimum absolute atomic E-state index is 0.00653. The van der Waals surface area contributed by atoms with Crippen LogP contribution in [-0.4, -0.2) is 18.0 Å². The van der Waals surface area contributed by atoms with Crippen LogP contribution in [0.5, 0.6) is 5.75 Å². The van der Waals surface area contributed by atoms with E-state index in [4.69, 9.17) is 27.9 Å². The summed E-state index contributed by atoms with van der Waals surface area (Å²) in [6, 6.07) is 20.0. The number of rotatable bonds is 9. The van der Waals surface area contributed by atoms with E-state index in [2.05, 4.69) is 15.8 Å². The summed E-state index contributed by atoms with van der Waals surface area (Å²) in [6.07, 6.45) is 1.51. The van der Waals surface area contributed by atoms with E-state index in [0.29, 0.717) is 33.7 Å². The van der Waals surface area contributed by atoms with Crippen molar-refractivity contribution in [3.63, 3.8) is 0 Å². The molecule has 0 aliphatic carbocycles. The van der Waals surface area contributed by atoms with Gasteiger partial charge in [-0.15, -0.1) is 0 Å². The molecule has 0 unspecified atom stereocenters. The smallest absolute Gasteiger partial charge is 0.240 e. The molecule has 3 aromatic carbocycles. The Hall–Kier alpha value is -3.35. The third-order valence-corrected chi connectivity index (χ3v) is 5.46. The molecular formula is C25H23Cl2N3O3. The Bertz CT molecular complexity index is 1170. The monoisotopic (exact) mass is 483 g/mol. The van der Waals surface area contributed by atoms with Gasteiger partial charge in [-0.2, -0.15) is 5.10 Å². The summed E-state index contributed by atoms with van der Waals surface area (Å²) in [6.45, 7) is 2.18. The molecule has 0 atom stereocenters. The second-order valence-electron chi connectivity index (χ2n) is 7.22. The van der Waals surface area contributed by atoms with Crippen molar-refractivity contribution in [3.05, 3.63) is 93.5 Å². The van der Waals surface area contributed by atoms with E-state index in [1.165, 1.54) is 6.21 Å². The SMILES string of the molecule is Cc1ccc(NC(=O)CCC(=O)NN=Cc2ccccc2OCc2ccccc2Cl)cc1Cl. The van der Waals surface area contributed by atoms with E-state index in [1.54, 1.807) is 18.2 Å². The van der Waals surface area contributed by atoms with Crippen LogP contribution in [-0.2, 0) is 16.2 Å². The minimum atomic E-state index is -0.377. The predicted octanol–water partition coefficient (Wildman–Crippen LogP) is 5.75. The summed E-state index contributed by atoms with van der Waals surface area (Å²) in [5.74, 6) is -0.0586. The fourth-order valence-electron chi connectivity index (χ4n) is 2.84. The van der Waals surface area contributed by atoms with Crippen molar-refractivity contribution in [2.45, 2.75) is 26.4 Å². The van der Waals surface area contributed by atoms with Gasteiger partial charge in [0.1, 0.15) is 12.4 Å². The fraction of sp³-hybridized carbons (Fsp3) is 0.160. The van der Waals surface area contributed by atoms with Crippen LogP contribution in [0.2, 0.25) is 10.0 Å². The van der Waals surface area contributed by atoms with Crippen molar-refractivity contribution >= 4 is 46.9 Å². The molecule has 0 bridgehead atoms. The summed E-state index contributed by atoms with van der Waals surface area (Å²) in [5, 5.41) is 7.89. The fourth-order valence-corrected chi connectivity index (χ4v) is 3.21. The summed E-state index contributed by atoms with van der Waals surface area (Å²) in [5.41, 5.74) is 5.49. The molecule has 8 heteroatoms. The van der Waals surface area contributed by atoms with Crippen LogP contribution in [0.15, 0.2) is 71.8 Å². The first-order valence-electron chi connectivity index (χ1n) is 10.3. The van der Waals surface area contributed by atoms with E-state index in [9.17, 15) is 9.59 Å². The Morgan fingerprint density at radius 2 is 1.67 bits per heavy atom. The lowest BCUT2D eigenvalue weighted by atomic mass is 10.2. The van der Waals surface area contributed by atoms with Gasteiger partial charge in [0, 0.05) is 39.7 Å². The number of nitrogens with zero attached hydrogens (tertiary/aromatic N) is 1. The second kappa shape index (κ2) is 12.0. The molecule has 0 heterocycles. The van der Waals surface area contributed by atoms with Gasteiger partial charge in [0.2, 0.25) is 11.8 Å². The zero-order valence-electron chi connectivity index (χ0n) is 18.0. The third kappa shape index (κ3) is 7.63. The molecule has 0 aromatic heterocycles. The highest BCUT2D eigenvalue weighted by Gasteiger charge is 2.08. The Kier molecular flexibility index (Phi) is 8.87. The summed E-state index contributed by atoms with van der Waals surface area (Å²) in [7, 11) is 0. The quantitative estimate of drug-likeness (QED) is 0.300. The normalized spacial score (nSPS) is 10.8. The summed E-state index contributed by atoms with van der Waals surface area (Å²) >= 11 is 12.2. The van der Waals surface area contributed by atoms with E-state index in [1.807, 2.05) is 55.5 Å². The van der Waals surface area contributed by atoms with Gasteiger partial charge in [-0.3, -0.25) is 9.59 Å². The molecule has 33 heavy (non-hydrogen) atoms. The van der Waals surface area contributed by atoms with Crippen molar-refractivity contribution in [1.29, 1.82) is 0 Å². The minimum Gasteiger partial charge on any atom is -0.488 e. The molecule has 2 amide bonds. The van der Waals surface area contributed by atoms with Gasteiger partial charge in [0.05, 0.1) is 6.21 Å². The predicted molar refractivity (Wildman–Crippen MR) is 132 cm³/mol. The Balaban J connectivity index is 1.47. The zero-order valence-corrected chi connectivity index (χ0v) is 19.5. The number of halogens is 2. The van der Waals surface area contributed by atoms with Gasteiger partial charge in [-0.05, 0) is 42.8 Å². The highest BCUT2D eigenvalue weighted by Crippen LogP contribution is 2.21. The maximum atomic E-state index is 12.1. The first kappa shape index (κ1) is 24.3. The van der Waals surface area contributed by atoms with E-state index in [-0.39, 0.29) is 24.7 Å². The van der Waals surface area contributed by atoms with Gasteiger partial charge in [-0.25, -0.2) is 5.43 Å². The number of nitrogens with one attached hydrogen (secondary N) is 2. The Labute approximate surface area is 202 Å². The van der Waals surface area contributed by atoms with E-state index < -0.39 is 0 Å². The van der Waals surface area contributed by atoms with Gasteiger partial charge in [0.15, 0.2) is 0 Å². The number of amides is 2. The van der Waals surface area contributed by atoms with Crippen LogP contribution in [0.3, 0.4) is 0 Å². The first-order valence-corrected chi connectivity index (χ1v) is 11.0. The molecule has 0 saturated carbocycles. The molecular weight excluding hydrogens is 461 g/mol. The highest BCUT2D eigenvalue weighted by molar-refractivity contribution is 6.31. The highest BCUT2D eigenvalue weighted by atomic mass is 35.5. The lowest BCUT2D eigenvalue weighted by Crippen LogP contribution is -2.20. The van der Waals surface area contributed by atoms with Crippen molar-refractivity contribution in [2.24, 2.45) is 5.10 Å². The van der Waals surface area contributed by atoms with Crippen molar-refractivity contribution in [3.8, 4) is 5.75 Å². The molecule has 0 radical (unpaired) electrons. The zero-order chi connectivity index (χ0) is 23.6. The number of hydrogen-bond acceptors (Lipinski definition) is 4. The average Bonchev–Trinajstić information content (AvgIpc) is 2.80. The topological polar surface area (TPSA) is 79.8 Å². The number of hydrazone groups is 1. The van der Waals surface area contributed by atoms with Crippen LogP contribution < -0.4 is 15.5 Å². The van der Waals surface area contributed by atoms with Crippen molar-refractivity contribution in [1.82, 2.24) is 5.43 Å². The molecule has 0 aliphatic rings. The molecule has 3 aromatic rings.